The van der Waals surface area contributed by atoms with E-state index in [2.05, 4.69) is 39.9 Å². The van der Waals surface area contributed by atoms with Gasteiger partial charge in [0, 0.05) is 25.3 Å². The molecular formula is C20H30N4O. The molecular weight excluding hydrogens is 312 g/mol. The first kappa shape index (κ1) is 16.9. The minimum absolute atomic E-state index is 0.658. The maximum absolute atomic E-state index is 6.04. The first-order chi connectivity index (χ1) is 12.2. The molecule has 0 spiro atoms. The lowest BCUT2D eigenvalue weighted by Gasteiger charge is -2.34. The molecule has 5 nitrogen and oxygen atoms in total. The number of furan rings is 1. The fourth-order valence-corrected chi connectivity index (χ4v) is 3.99. The molecule has 0 bridgehead atoms. The fourth-order valence-electron chi connectivity index (χ4n) is 3.99. The number of nitrogens with one attached hydrogen (secondary N) is 1. The predicted octanol–water partition coefficient (Wildman–Crippen LogP) is 3.61. The average Bonchev–Trinajstić information content (AvgIpc) is 3.08. The Morgan fingerprint density at radius 2 is 2.12 bits per heavy atom. The molecule has 1 atom stereocenters. The number of aromatic nitrogens is 2. The van der Waals surface area contributed by atoms with E-state index in [0.717, 1.165) is 42.8 Å². The van der Waals surface area contributed by atoms with Crippen molar-refractivity contribution in [3.63, 3.8) is 0 Å². The van der Waals surface area contributed by atoms with E-state index in [1.807, 2.05) is 12.1 Å². The van der Waals surface area contributed by atoms with E-state index in [9.17, 15) is 0 Å². The summed E-state index contributed by atoms with van der Waals surface area (Å²) in [5.41, 5.74) is 0.942. The topological polar surface area (TPSA) is 48.3 Å². The zero-order valence-electron chi connectivity index (χ0n) is 15.4. The van der Waals surface area contributed by atoms with Gasteiger partial charge in [-0.3, -0.25) is 14.9 Å². The van der Waals surface area contributed by atoms with Gasteiger partial charge in [-0.25, -0.2) is 0 Å². The summed E-state index contributed by atoms with van der Waals surface area (Å²) in [5, 5.41) is 6.97. The van der Waals surface area contributed by atoms with Crippen LogP contribution >= 0.6 is 0 Å². The lowest BCUT2D eigenvalue weighted by Crippen LogP contribution is -2.45. The van der Waals surface area contributed by atoms with E-state index in [4.69, 9.17) is 4.42 Å². The first-order valence-electron chi connectivity index (χ1n) is 9.74. The van der Waals surface area contributed by atoms with Gasteiger partial charge in [-0.05, 0) is 62.4 Å². The van der Waals surface area contributed by atoms with Crippen LogP contribution in [0.5, 0.6) is 0 Å². The normalized spacial score (nSPS) is 23.2. The monoisotopic (exact) mass is 342 g/mol. The van der Waals surface area contributed by atoms with Gasteiger partial charge in [0.15, 0.2) is 5.76 Å². The number of rotatable bonds is 6. The van der Waals surface area contributed by atoms with Crippen LogP contribution in [0.25, 0.3) is 11.5 Å². The van der Waals surface area contributed by atoms with Crippen LogP contribution in [-0.4, -0.2) is 52.2 Å². The number of hydrogen-bond donors (Lipinski definition) is 1. The Morgan fingerprint density at radius 3 is 2.84 bits per heavy atom. The predicted molar refractivity (Wildman–Crippen MR) is 99.1 cm³/mol. The molecule has 2 aliphatic rings. The van der Waals surface area contributed by atoms with Gasteiger partial charge in [0.25, 0.3) is 0 Å². The van der Waals surface area contributed by atoms with E-state index < -0.39 is 0 Å². The summed E-state index contributed by atoms with van der Waals surface area (Å²) in [6, 6.07) is 6.75. The summed E-state index contributed by atoms with van der Waals surface area (Å²) >= 11 is 0. The van der Waals surface area contributed by atoms with Gasteiger partial charge in [0.2, 0.25) is 0 Å². The lowest BCUT2D eigenvalue weighted by molar-refractivity contribution is 0.129. The second-order valence-corrected chi connectivity index (χ2v) is 8.07. The molecule has 0 radical (unpaired) electrons. The zero-order chi connectivity index (χ0) is 17.2. The molecule has 2 aromatic rings. The Balaban J connectivity index is 1.41. The second kappa shape index (κ2) is 7.34. The van der Waals surface area contributed by atoms with Crippen molar-refractivity contribution in [1.29, 1.82) is 0 Å². The van der Waals surface area contributed by atoms with Crippen molar-refractivity contribution in [3.8, 4) is 11.5 Å². The molecule has 3 heterocycles. The third-order valence-electron chi connectivity index (χ3n) is 5.60. The largest absolute Gasteiger partial charge is 0.458 e. The molecule has 136 valence electrons. The van der Waals surface area contributed by atoms with E-state index in [0.29, 0.717) is 12.0 Å². The van der Waals surface area contributed by atoms with Crippen LogP contribution < -0.4 is 0 Å². The highest BCUT2D eigenvalue weighted by atomic mass is 16.3. The first-order valence-corrected chi connectivity index (χ1v) is 9.74. The van der Waals surface area contributed by atoms with E-state index in [1.165, 1.54) is 32.4 Å². The van der Waals surface area contributed by atoms with Gasteiger partial charge in [-0.15, -0.1) is 0 Å². The standard InChI is InChI=1S/C20H30N4O/c1-15(2)19-14-23(10-3-11-24(19)12-16-4-5-16)13-17-6-7-20(25-17)18-8-9-21-22-18/h6-9,15-16,19H,3-5,10-14H2,1-2H3,(H,21,22). The van der Waals surface area contributed by atoms with Crippen molar-refractivity contribution in [1.82, 2.24) is 20.0 Å². The molecule has 2 aromatic heterocycles. The molecule has 0 amide bonds. The Labute approximate surface area is 150 Å². The fraction of sp³-hybridized carbons (Fsp3) is 0.650. The Bertz CT molecular complexity index is 659. The minimum atomic E-state index is 0.658. The summed E-state index contributed by atoms with van der Waals surface area (Å²) in [6.45, 7) is 10.5. The maximum Gasteiger partial charge on any atom is 0.152 e. The van der Waals surface area contributed by atoms with Crippen molar-refractivity contribution >= 4 is 0 Å². The van der Waals surface area contributed by atoms with Crippen LogP contribution in [0, 0.1) is 11.8 Å². The molecule has 4 rings (SSSR count). The summed E-state index contributed by atoms with van der Waals surface area (Å²) < 4.78 is 6.04. The smallest absolute Gasteiger partial charge is 0.152 e. The van der Waals surface area contributed by atoms with Crippen LogP contribution in [0.4, 0.5) is 0 Å². The van der Waals surface area contributed by atoms with Crippen LogP contribution in [0.1, 0.15) is 38.9 Å². The van der Waals surface area contributed by atoms with E-state index in [1.54, 1.807) is 6.20 Å². The number of nitrogens with zero attached hydrogens (tertiary/aromatic N) is 3. The molecule has 0 aromatic carbocycles. The average molecular weight is 342 g/mol. The summed E-state index contributed by atoms with van der Waals surface area (Å²) in [7, 11) is 0. The van der Waals surface area contributed by atoms with Crippen molar-refractivity contribution in [2.24, 2.45) is 11.8 Å². The summed E-state index contributed by atoms with van der Waals surface area (Å²) in [5.74, 6) is 3.58. The van der Waals surface area contributed by atoms with Crippen LogP contribution in [-0.2, 0) is 6.54 Å². The van der Waals surface area contributed by atoms with Crippen molar-refractivity contribution in [2.45, 2.75) is 45.7 Å². The Hall–Kier alpha value is -1.59. The van der Waals surface area contributed by atoms with Crippen molar-refractivity contribution < 1.29 is 4.42 Å². The van der Waals surface area contributed by atoms with E-state index >= 15 is 0 Å². The number of hydrogen-bond acceptors (Lipinski definition) is 4. The SMILES string of the molecule is CC(C)C1CN(Cc2ccc(-c3ccn[nH]3)o2)CCCN1CC1CC1. The second-order valence-electron chi connectivity index (χ2n) is 8.07. The molecule has 1 aliphatic heterocycles. The molecule has 1 N–H and O–H groups in total. The molecule has 25 heavy (non-hydrogen) atoms. The molecule has 1 aliphatic carbocycles. The number of aromatic amines is 1. The zero-order valence-corrected chi connectivity index (χ0v) is 15.4. The molecule has 1 saturated carbocycles. The molecule has 2 fully saturated rings. The van der Waals surface area contributed by atoms with Gasteiger partial charge < -0.3 is 4.42 Å². The van der Waals surface area contributed by atoms with Gasteiger partial charge >= 0.3 is 0 Å². The minimum Gasteiger partial charge on any atom is -0.458 e. The quantitative estimate of drug-likeness (QED) is 0.871. The third-order valence-corrected chi connectivity index (χ3v) is 5.60. The molecule has 1 unspecified atom stereocenters. The van der Waals surface area contributed by atoms with Gasteiger partial charge in [0.1, 0.15) is 11.5 Å². The van der Waals surface area contributed by atoms with Crippen LogP contribution in [0.15, 0.2) is 28.8 Å². The highest BCUT2D eigenvalue weighted by molar-refractivity contribution is 5.51. The highest BCUT2D eigenvalue weighted by Gasteiger charge is 2.32. The highest BCUT2D eigenvalue weighted by Crippen LogP contribution is 2.32. The maximum atomic E-state index is 6.04. The number of H-pyrrole nitrogens is 1. The van der Waals surface area contributed by atoms with Crippen molar-refractivity contribution in [2.75, 3.05) is 26.2 Å². The van der Waals surface area contributed by atoms with Gasteiger partial charge in [-0.1, -0.05) is 13.8 Å². The summed E-state index contributed by atoms with van der Waals surface area (Å²) in [4.78, 5) is 5.34. The third kappa shape index (κ3) is 4.15. The Morgan fingerprint density at radius 1 is 1.24 bits per heavy atom. The lowest BCUT2D eigenvalue weighted by atomic mass is 10.0. The molecule has 5 heteroatoms. The van der Waals surface area contributed by atoms with Gasteiger partial charge in [0.05, 0.1) is 6.54 Å². The van der Waals surface area contributed by atoms with Crippen LogP contribution in [0.2, 0.25) is 0 Å². The molecule has 1 saturated heterocycles. The Kier molecular flexibility index (Phi) is 4.95. The van der Waals surface area contributed by atoms with Crippen LogP contribution in [0.3, 0.4) is 0 Å². The summed E-state index contributed by atoms with van der Waals surface area (Å²) in [6.07, 6.45) is 5.89. The van der Waals surface area contributed by atoms with E-state index in [-0.39, 0.29) is 0 Å². The van der Waals surface area contributed by atoms with Crippen molar-refractivity contribution in [3.05, 3.63) is 30.2 Å². The van der Waals surface area contributed by atoms with Gasteiger partial charge in [-0.2, -0.15) is 5.10 Å².